The van der Waals surface area contributed by atoms with Crippen LogP contribution in [0.3, 0.4) is 0 Å². The molecule has 2 heterocycles. The molecule has 0 spiro atoms. The van der Waals surface area contributed by atoms with Crippen molar-refractivity contribution in [2.75, 3.05) is 20.8 Å². The summed E-state index contributed by atoms with van der Waals surface area (Å²) in [5, 5.41) is 4.02. The molecule has 7 heteroatoms. The van der Waals surface area contributed by atoms with Crippen LogP contribution in [-0.2, 0) is 4.74 Å². The van der Waals surface area contributed by atoms with Gasteiger partial charge >= 0.3 is 0 Å². The lowest BCUT2D eigenvalue weighted by atomic mass is 9.75. The highest BCUT2D eigenvalue weighted by atomic mass is 19.1. The molecule has 1 aromatic carbocycles. The van der Waals surface area contributed by atoms with E-state index in [0.717, 1.165) is 42.1 Å². The number of ether oxygens (including phenoxy) is 2. The van der Waals surface area contributed by atoms with Crippen molar-refractivity contribution in [2.45, 2.75) is 37.6 Å². The van der Waals surface area contributed by atoms with Crippen LogP contribution in [-0.4, -0.2) is 42.7 Å². The first-order valence-corrected chi connectivity index (χ1v) is 10.9. The molecule has 1 aliphatic rings. The molecule has 0 radical (unpaired) electrons. The van der Waals surface area contributed by atoms with Crippen LogP contribution in [0.2, 0.25) is 0 Å². The maximum atomic E-state index is 13.8. The third kappa shape index (κ3) is 4.88. The Bertz CT molecular complexity index is 1070. The number of rotatable bonds is 7. The molecular formula is C25H28FN3O3. The number of amides is 1. The number of halogens is 1. The zero-order chi connectivity index (χ0) is 22.5. The van der Waals surface area contributed by atoms with Gasteiger partial charge in [-0.3, -0.25) is 9.78 Å². The van der Waals surface area contributed by atoms with Crippen LogP contribution in [0.25, 0.3) is 10.9 Å². The summed E-state index contributed by atoms with van der Waals surface area (Å²) in [5.41, 5.74) is 2.47. The summed E-state index contributed by atoms with van der Waals surface area (Å²) in [6.07, 6.45) is 7.18. The molecule has 6 nitrogen and oxygen atoms in total. The van der Waals surface area contributed by atoms with Gasteiger partial charge in [-0.05, 0) is 73.4 Å². The Morgan fingerprint density at radius 2 is 1.94 bits per heavy atom. The molecule has 4 rings (SSSR count). The molecule has 1 unspecified atom stereocenters. The van der Waals surface area contributed by atoms with E-state index in [9.17, 15) is 9.18 Å². The minimum atomic E-state index is -0.240. The monoisotopic (exact) mass is 437 g/mol. The molecule has 3 aromatic rings. The fourth-order valence-electron chi connectivity index (χ4n) is 4.69. The maximum absolute atomic E-state index is 13.8. The summed E-state index contributed by atoms with van der Waals surface area (Å²) >= 11 is 0. The van der Waals surface area contributed by atoms with Crippen molar-refractivity contribution in [1.29, 1.82) is 0 Å². The van der Waals surface area contributed by atoms with Gasteiger partial charge in [-0.1, -0.05) is 0 Å². The van der Waals surface area contributed by atoms with E-state index in [-0.39, 0.29) is 17.8 Å². The quantitative estimate of drug-likeness (QED) is 0.589. The summed E-state index contributed by atoms with van der Waals surface area (Å²) < 4.78 is 24.3. The van der Waals surface area contributed by atoms with Gasteiger partial charge in [-0.15, -0.1) is 0 Å². The number of hydrogen-bond acceptors (Lipinski definition) is 5. The van der Waals surface area contributed by atoms with Crippen LogP contribution < -0.4 is 10.1 Å². The molecule has 1 atom stereocenters. The zero-order valence-electron chi connectivity index (χ0n) is 18.4. The molecule has 1 fully saturated rings. The number of fused-ring (bicyclic) bond motifs is 1. The Kier molecular flexibility index (Phi) is 6.95. The Labute approximate surface area is 187 Å². The minimum Gasteiger partial charge on any atom is -0.481 e. The van der Waals surface area contributed by atoms with Gasteiger partial charge in [0.15, 0.2) is 0 Å². The Morgan fingerprint density at radius 3 is 2.62 bits per heavy atom. The summed E-state index contributed by atoms with van der Waals surface area (Å²) in [5.74, 6) is 0.725. The number of carbonyl (C=O) groups is 1. The van der Waals surface area contributed by atoms with Gasteiger partial charge in [0.1, 0.15) is 5.82 Å². The third-order valence-electron chi connectivity index (χ3n) is 6.39. The number of methoxy groups -OCH3 is 2. The third-order valence-corrected chi connectivity index (χ3v) is 6.39. The Hall–Kier alpha value is -3.06. The van der Waals surface area contributed by atoms with E-state index < -0.39 is 0 Å². The Balaban J connectivity index is 1.43. The molecule has 1 aliphatic carbocycles. The first-order chi connectivity index (χ1) is 15.6. The first-order valence-electron chi connectivity index (χ1n) is 10.9. The predicted octanol–water partition coefficient (Wildman–Crippen LogP) is 4.50. The highest BCUT2D eigenvalue weighted by Gasteiger charge is 2.30. The van der Waals surface area contributed by atoms with E-state index in [4.69, 9.17) is 9.47 Å². The van der Waals surface area contributed by atoms with Crippen LogP contribution in [0.4, 0.5) is 4.39 Å². The van der Waals surface area contributed by atoms with Gasteiger partial charge in [0.05, 0.1) is 30.8 Å². The van der Waals surface area contributed by atoms with Gasteiger partial charge in [0.25, 0.3) is 5.91 Å². The SMILES string of the molecule is COCC(NC(=O)c1ccc(OC)nc1)C1CCC(c2ccnc3ccc(F)cc23)CC1. The van der Waals surface area contributed by atoms with Crippen molar-refractivity contribution in [1.82, 2.24) is 15.3 Å². The number of benzene rings is 1. The van der Waals surface area contributed by atoms with E-state index in [0.29, 0.717) is 29.9 Å². The molecule has 2 aromatic heterocycles. The van der Waals surface area contributed by atoms with E-state index in [2.05, 4.69) is 15.3 Å². The maximum Gasteiger partial charge on any atom is 0.253 e. The number of carbonyl (C=O) groups excluding carboxylic acids is 1. The lowest BCUT2D eigenvalue weighted by molar-refractivity contribution is 0.0818. The van der Waals surface area contributed by atoms with Crippen LogP contribution >= 0.6 is 0 Å². The summed E-state index contributed by atoms with van der Waals surface area (Å²) in [6, 6.07) is 10.1. The van der Waals surface area contributed by atoms with Gasteiger partial charge in [0, 0.05) is 31.0 Å². The predicted molar refractivity (Wildman–Crippen MR) is 120 cm³/mol. The van der Waals surface area contributed by atoms with E-state index in [1.807, 2.05) is 6.07 Å². The first kappa shape index (κ1) is 22.1. The molecular weight excluding hydrogens is 409 g/mol. The minimum absolute atomic E-state index is 0.0813. The Morgan fingerprint density at radius 1 is 1.12 bits per heavy atom. The van der Waals surface area contributed by atoms with Crippen molar-refractivity contribution >= 4 is 16.8 Å². The second-order valence-electron chi connectivity index (χ2n) is 8.30. The van der Waals surface area contributed by atoms with Crippen molar-refractivity contribution in [2.24, 2.45) is 5.92 Å². The molecule has 1 N–H and O–H groups in total. The fraction of sp³-hybridized carbons (Fsp3) is 0.400. The largest absolute Gasteiger partial charge is 0.481 e. The zero-order valence-corrected chi connectivity index (χ0v) is 18.4. The van der Waals surface area contributed by atoms with Crippen molar-refractivity contribution in [3.63, 3.8) is 0 Å². The second kappa shape index (κ2) is 10.0. The topological polar surface area (TPSA) is 73.3 Å². The van der Waals surface area contributed by atoms with Crippen molar-refractivity contribution in [3.05, 3.63) is 65.7 Å². The van der Waals surface area contributed by atoms with Gasteiger partial charge in [-0.25, -0.2) is 9.37 Å². The van der Waals surface area contributed by atoms with E-state index in [1.165, 1.54) is 19.4 Å². The summed E-state index contributed by atoms with van der Waals surface area (Å²) in [4.78, 5) is 21.2. The van der Waals surface area contributed by atoms with Crippen LogP contribution in [0.1, 0.15) is 47.5 Å². The van der Waals surface area contributed by atoms with Crippen molar-refractivity contribution in [3.8, 4) is 5.88 Å². The average molecular weight is 438 g/mol. The molecule has 32 heavy (non-hydrogen) atoms. The van der Waals surface area contributed by atoms with Gasteiger partial charge in [0.2, 0.25) is 5.88 Å². The highest BCUT2D eigenvalue weighted by molar-refractivity contribution is 5.94. The number of hydrogen-bond donors (Lipinski definition) is 1. The number of pyridine rings is 2. The molecule has 0 saturated heterocycles. The average Bonchev–Trinajstić information content (AvgIpc) is 2.83. The smallest absolute Gasteiger partial charge is 0.253 e. The molecule has 1 amide bonds. The van der Waals surface area contributed by atoms with Crippen LogP contribution in [0, 0.1) is 11.7 Å². The van der Waals surface area contributed by atoms with E-state index in [1.54, 1.807) is 37.6 Å². The molecule has 0 aliphatic heterocycles. The van der Waals surface area contributed by atoms with Gasteiger partial charge in [-0.2, -0.15) is 0 Å². The summed E-state index contributed by atoms with van der Waals surface area (Å²) in [6.45, 7) is 0.452. The lowest BCUT2D eigenvalue weighted by Crippen LogP contribution is -2.44. The van der Waals surface area contributed by atoms with Crippen LogP contribution in [0.15, 0.2) is 48.8 Å². The number of aromatic nitrogens is 2. The van der Waals surface area contributed by atoms with Crippen molar-refractivity contribution < 1.29 is 18.7 Å². The lowest BCUT2D eigenvalue weighted by Gasteiger charge is -2.34. The van der Waals surface area contributed by atoms with Crippen LogP contribution in [0.5, 0.6) is 5.88 Å². The molecule has 1 saturated carbocycles. The highest BCUT2D eigenvalue weighted by Crippen LogP contribution is 2.39. The summed E-state index contributed by atoms with van der Waals surface area (Å²) in [7, 11) is 3.19. The standard InChI is InChI=1S/C25H28FN3O3/c1-31-15-23(29-25(30)18-7-10-24(32-2)28-14-18)17-5-3-16(4-6-17)20-11-12-27-22-9-8-19(26)13-21(20)22/h7-14,16-17,23H,3-6,15H2,1-2H3,(H,29,30). The number of nitrogens with zero attached hydrogens (tertiary/aromatic N) is 2. The molecule has 168 valence electrons. The normalized spacial score (nSPS) is 19.5. The van der Waals surface area contributed by atoms with Gasteiger partial charge < -0.3 is 14.8 Å². The number of nitrogens with one attached hydrogen (secondary N) is 1. The molecule has 0 bridgehead atoms. The second-order valence-corrected chi connectivity index (χ2v) is 8.30. The fourth-order valence-corrected chi connectivity index (χ4v) is 4.69. The van der Waals surface area contributed by atoms with E-state index >= 15 is 0 Å².